The third kappa shape index (κ3) is 4.36. The lowest BCUT2D eigenvalue weighted by Crippen LogP contribution is -2.47. The maximum Gasteiger partial charge on any atom is 0.406 e. The first-order chi connectivity index (χ1) is 15.8. The largest absolute Gasteiger partial charge is 0.462 e. The number of nitrogen functional groups attached to an aromatic ring is 1. The summed E-state index contributed by atoms with van der Waals surface area (Å²) in [5, 5.41) is 2.51. The quantitative estimate of drug-likeness (QED) is 0.436. The summed E-state index contributed by atoms with van der Waals surface area (Å²) < 4.78 is 52.7. The van der Waals surface area contributed by atoms with Crippen LogP contribution in [0.5, 0.6) is 0 Å². The standard InChI is InChI=1S/C19H29FN7O6P/c1-9(2)31-16(28)10(3)25-34(29)30-7-11-13(33-34)19(4,20)17(32-11)27-8-22-12-14(26(5)6)23-18(21)24-15(12)27/h8-11,13,17H,7H2,1-6H3,(H,25,29)(H2,21,23,24)/t10-,11?,13+,17+,19+,34-/m0/s1. The SMILES string of the molecule is CC(C)OC(=O)[C@H](C)N[P@]1(=O)OCC2O[C@@H](n3cnc4c(N(C)C)nc(N)nc43)[C@](C)(F)[C@@H]2O1. The number of hydrogen-bond donors (Lipinski definition) is 2. The number of imidazole rings is 1. The van der Waals surface area contributed by atoms with Crippen LogP contribution in [0.3, 0.4) is 0 Å². The van der Waals surface area contributed by atoms with Gasteiger partial charge in [0, 0.05) is 14.1 Å². The van der Waals surface area contributed by atoms with Crippen LogP contribution in [0.15, 0.2) is 6.33 Å². The van der Waals surface area contributed by atoms with Crippen molar-refractivity contribution in [3.8, 4) is 0 Å². The highest BCUT2D eigenvalue weighted by Gasteiger charge is 2.61. The van der Waals surface area contributed by atoms with Crippen LogP contribution in [0.1, 0.15) is 33.9 Å². The second kappa shape index (κ2) is 8.68. The number of nitrogens with one attached hydrogen (secondary N) is 1. The predicted octanol–water partition coefficient (Wildman–Crippen LogP) is 1.55. The van der Waals surface area contributed by atoms with E-state index in [1.165, 1.54) is 24.7 Å². The van der Waals surface area contributed by atoms with Crippen molar-refractivity contribution in [2.75, 3.05) is 31.3 Å². The molecule has 2 saturated heterocycles. The molecule has 6 atom stereocenters. The van der Waals surface area contributed by atoms with E-state index in [0.29, 0.717) is 11.3 Å². The second-order valence-corrected chi connectivity index (χ2v) is 10.7. The van der Waals surface area contributed by atoms with Crippen molar-refractivity contribution in [3.05, 3.63) is 6.33 Å². The van der Waals surface area contributed by atoms with Crippen LogP contribution in [0.2, 0.25) is 0 Å². The second-order valence-electron chi connectivity index (χ2n) is 8.96. The van der Waals surface area contributed by atoms with Gasteiger partial charge in [-0.05, 0) is 27.7 Å². The minimum Gasteiger partial charge on any atom is -0.462 e. The highest BCUT2D eigenvalue weighted by Crippen LogP contribution is 2.57. The van der Waals surface area contributed by atoms with Crippen molar-refractivity contribution in [1.82, 2.24) is 24.6 Å². The highest BCUT2D eigenvalue weighted by molar-refractivity contribution is 7.51. The minimum absolute atomic E-state index is 0.00974. The summed E-state index contributed by atoms with van der Waals surface area (Å²) >= 11 is 0. The number of anilines is 2. The Hall–Kier alpha value is -2.38. The Balaban J connectivity index is 1.60. The van der Waals surface area contributed by atoms with Crippen LogP contribution < -0.4 is 15.7 Å². The molecule has 2 aliphatic heterocycles. The molecule has 3 N–H and O–H groups in total. The molecule has 34 heavy (non-hydrogen) atoms. The fourth-order valence-electron chi connectivity index (χ4n) is 3.95. The molecule has 4 heterocycles. The molecule has 4 rings (SSSR count). The normalized spacial score (nSPS) is 32.1. The van der Waals surface area contributed by atoms with Crippen molar-refractivity contribution in [2.24, 2.45) is 0 Å². The van der Waals surface area contributed by atoms with Gasteiger partial charge in [-0.2, -0.15) is 9.97 Å². The number of carbonyl (C=O) groups is 1. The molecular formula is C19H29FN7O6P. The molecule has 15 heteroatoms. The first-order valence-corrected chi connectivity index (χ1v) is 12.3. The van der Waals surface area contributed by atoms with Gasteiger partial charge >= 0.3 is 13.7 Å². The maximum atomic E-state index is 16.2. The van der Waals surface area contributed by atoms with Crippen molar-refractivity contribution in [1.29, 1.82) is 0 Å². The molecule has 2 fully saturated rings. The van der Waals surface area contributed by atoms with E-state index in [-0.39, 0.29) is 24.3 Å². The summed E-state index contributed by atoms with van der Waals surface area (Å²) in [6.45, 7) is 5.89. The van der Waals surface area contributed by atoms with E-state index < -0.39 is 43.9 Å². The van der Waals surface area contributed by atoms with Gasteiger partial charge in [-0.1, -0.05) is 0 Å². The molecular weight excluding hydrogens is 472 g/mol. The Morgan fingerprint density at radius 2 is 2.12 bits per heavy atom. The summed E-state index contributed by atoms with van der Waals surface area (Å²) in [6.07, 6.45) is -2.33. The number of esters is 1. The Bertz CT molecular complexity index is 1140. The van der Waals surface area contributed by atoms with Crippen LogP contribution >= 0.6 is 7.75 Å². The van der Waals surface area contributed by atoms with E-state index in [1.807, 2.05) is 0 Å². The van der Waals surface area contributed by atoms with Crippen LogP contribution in [0, 0.1) is 0 Å². The summed E-state index contributed by atoms with van der Waals surface area (Å²) in [7, 11) is -0.502. The van der Waals surface area contributed by atoms with Crippen LogP contribution in [0.4, 0.5) is 16.2 Å². The molecule has 0 aliphatic carbocycles. The van der Waals surface area contributed by atoms with Gasteiger partial charge in [0.05, 0.1) is 19.0 Å². The van der Waals surface area contributed by atoms with Crippen molar-refractivity contribution in [3.63, 3.8) is 0 Å². The third-order valence-corrected chi connectivity index (χ3v) is 7.19. The first-order valence-electron chi connectivity index (χ1n) is 10.8. The monoisotopic (exact) mass is 501 g/mol. The number of alkyl halides is 1. The molecule has 2 aliphatic rings. The topological polar surface area (TPSA) is 156 Å². The van der Waals surface area contributed by atoms with Crippen molar-refractivity contribution < 1.29 is 32.3 Å². The van der Waals surface area contributed by atoms with Gasteiger partial charge in [-0.15, -0.1) is 0 Å². The number of rotatable bonds is 6. The Kier molecular flexibility index (Phi) is 6.32. The zero-order valence-corrected chi connectivity index (χ0v) is 20.7. The summed E-state index contributed by atoms with van der Waals surface area (Å²) in [6, 6.07) is -1.00. The molecule has 2 aromatic heterocycles. The number of hydrogen-bond acceptors (Lipinski definition) is 11. The zero-order valence-electron chi connectivity index (χ0n) is 19.8. The lowest BCUT2D eigenvalue weighted by atomic mass is 9.98. The average molecular weight is 501 g/mol. The summed E-state index contributed by atoms with van der Waals surface area (Å²) in [4.78, 5) is 26.5. The Labute approximate surface area is 195 Å². The Morgan fingerprint density at radius 3 is 2.76 bits per heavy atom. The number of nitrogens with two attached hydrogens (primary N) is 1. The van der Waals surface area contributed by atoms with Gasteiger partial charge in [-0.3, -0.25) is 18.4 Å². The minimum atomic E-state index is -4.04. The van der Waals surface area contributed by atoms with Crippen LogP contribution in [0.25, 0.3) is 11.2 Å². The van der Waals surface area contributed by atoms with Gasteiger partial charge in [0.15, 0.2) is 28.9 Å². The van der Waals surface area contributed by atoms with Gasteiger partial charge in [-0.25, -0.2) is 19.0 Å². The number of halogens is 1. The summed E-state index contributed by atoms with van der Waals surface area (Å²) in [5.74, 6) is -0.181. The molecule has 0 amide bonds. The molecule has 0 spiro atoms. The third-order valence-electron chi connectivity index (χ3n) is 5.50. The smallest absolute Gasteiger partial charge is 0.406 e. The number of carbonyl (C=O) groups excluding carboxylic acids is 1. The number of ether oxygens (including phenoxy) is 2. The van der Waals surface area contributed by atoms with E-state index >= 15 is 4.39 Å². The van der Waals surface area contributed by atoms with E-state index in [2.05, 4.69) is 20.0 Å². The van der Waals surface area contributed by atoms with Gasteiger partial charge in [0.1, 0.15) is 18.2 Å². The van der Waals surface area contributed by atoms with E-state index in [4.69, 9.17) is 24.3 Å². The van der Waals surface area contributed by atoms with Crippen molar-refractivity contribution in [2.45, 2.75) is 63.9 Å². The summed E-state index contributed by atoms with van der Waals surface area (Å²) in [5.41, 5.74) is 4.38. The lowest BCUT2D eigenvalue weighted by Gasteiger charge is -2.35. The van der Waals surface area contributed by atoms with Gasteiger partial charge in [0.25, 0.3) is 0 Å². The lowest BCUT2D eigenvalue weighted by molar-refractivity contribution is -0.149. The number of fused-ring (bicyclic) bond motifs is 2. The van der Waals surface area contributed by atoms with Gasteiger partial charge in [0.2, 0.25) is 5.95 Å². The molecule has 0 saturated carbocycles. The average Bonchev–Trinajstić information content (AvgIpc) is 3.24. The Morgan fingerprint density at radius 1 is 1.41 bits per heavy atom. The predicted molar refractivity (Wildman–Crippen MR) is 120 cm³/mol. The fraction of sp³-hybridized carbons (Fsp3) is 0.684. The highest BCUT2D eigenvalue weighted by atomic mass is 31.2. The van der Waals surface area contributed by atoms with Crippen LogP contribution in [-0.4, -0.2) is 76.2 Å². The molecule has 1 unspecified atom stereocenters. The first kappa shape index (κ1) is 24.7. The molecule has 188 valence electrons. The molecule has 0 radical (unpaired) electrons. The fourth-order valence-corrected chi connectivity index (χ4v) is 5.71. The van der Waals surface area contributed by atoms with Crippen molar-refractivity contribution >= 4 is 36.6 Å². The van der Waals surface area contributed by atoms with Crippen LogP contribution in [-0.2, 0) is 27.9 Å². The number of nitrogens with zero attached hydrogens (tertiary/aromatic N) is 5. The molecule has 13 nitrogen and oxygen atoms in total. The molecule has 0 bridgehead atoms. The number of aromatic nitrogens is 4. The molecule has 0 aromatic carbocycles. The molecule has 2 aromatic rings. The van der Waals surface area contributed by atoms with Gasteiger partial charge < -0.3 is 20.1 Å². The van der Waals surface area contributed by atoms with E-state index in [9.17, 15) is 9.36 Å². The van der Waals surface area contributed by atoms with E-state index in [0.717, 1.165) is 0 Å². The maximum absolute atomic E-state index is 16.2. The zero-order chi connectivity index (χ0) is 25.0. The van der Waals surface area contributed by atoms with E-state index in [1.54, 1.807) is 32.8 Å².